The van der Waals surface area contributed by atoms with Crippen molar-refractivity contribution >= 4 is 17.9 Å². The molecule has 1 aliphatic rings. The lowest BCUT2D eigenvalue weighted by Crippen LogP contribution is -2.65. The SMILES string of the molecule is CCCC(CNC(=O)N1CCNC(=O)C1(C)C)C(=O)O. The van der Waals surface area contributed by atoms with Crippen molar-refractivity contribution < 1.29 is 19.5 Å². The molecule has 20 heavy (non-hydrogen) atoms. The van der Waals surface area contributed by atoms with E-state index in [-0.39, 0.29) is 12.5 Å². The normalized spacial score (nSPS) is 19.1. The summed E-state index contributed by atoms with van der Waals surface area (Å²) in [6, 6.07) is -0.396. The molecule has 0 radical (unpaired) electrons. The Morgan fingerprint density at radius 1 is 1.50 bits per heavy atom. The van der Waals surface area contributed by atoms with Crippen LogP contribution in [0.3, 0.4) is 0 Å². The van der Waals surface area contributed by atoms with Gasteiger partial charge in [0.05, 0.1) is 5.92 Å². The van der Waals surface area contributed by atoms with Crippen molar-refractivity contribution in [3.63, 3.8) is 0 Å². The smallest absolute Gasteiger partial charge is 0.318 e. The van der Waals surface area contributed by atoms with Gasteiger partial charge in [0.2, 0.25) is 5.91 Å². The van der Waals surface area contributed by atoms with E-state index < -0.39 is 23.5 Å². The number of rotatable bonds is 5. The third-order valence-electron chi connectivity index (χ3n) is 3.58. The first-order valence-corrected chi connectivity index (χ1v) is 6.87. The first-order valence-electron chi connectivity index (χ1n) is 6.87. The van der Waals surface area contributed by atoms with E-state index >= 15 is 0 Å². The second-order valence-corrected chi connectivity index (χ2v) is 5.48. The molecule has 0 bridgehead atoms. The molecule has 7 nitrogen and oxygen atoms in total. The Labute approximate surface area is 118 Å². The summed E-state index contributed by atoms with van der Waals surface area (Å²) in [7, 11) is 0. The summed E-state index contributed by atoms with van der Waals surface area (Å²) in [5.74, 6) is -1.71. The molecule has 0 aromatic carbocycles. The molecule has 3 N–H and O–H groups in total. The summed E-state index contributed by atoms with van der Waals surface area (Å²) in [5.41, 5.74) is -0.925. The molecule has 0 aromatic heterocycles. The first kappa shape index (κ1) is 16.3. The van der Waals surface area contributed by atoms with E-state index in [4.69, 9.17) is 5.11 Å². The average Bonchev–Trinajstić information content (AvgIpc) is 2.37. The first-order chi connectivity index (χ1) is 9.30. The summed E-state index contributed by atoms with van der Waals surface area (Å²) >= 11 is 0. The van der Waals surface area contributed by atoms with Crippen molar-refractivity contribution in [1.82, 2.24) is 15.5 Å². The van der Waals surface area contributed by atoms with Crippen molar-refractivity contribution in [1.29, 1.82) is 0 Å². The van der Waals surface area contributed by atoms with Gasteiger partial charge in [0.25, 0.3) is 0 Å². The number of carboxylic acid groups (broad SMARTS) is 1. The van der Waals surface area contributed by atoms with Gasteiger partial charge in [-0.15, -0.1) is 0 Å². The Balaban J connectivity index is 2.61. The number of nitrogens with zero attached hydrogens (tertiary/aromatic N) is 1. The van der Waals surface area contributed by atoms with Crippen LogP contribution in [0, 0.1) is 5.92 Å². The summed E-state index contributed by atoms with van der Waals surface area (Å²) in [6.07, 6.45) is 1.25. The molecule has 1 unspecified atom stereocenters. The van der Waals surface area contributed by atoms with Gasteiger partial charge >= 0.3 is 12.0 Å². The summed E-state index contributed by atoms with van der Waals surface area (Å²) < 4.78 is 0. The van der Waals surface area contributed by atoms with E-state index in [9.17, 15) is 14.4 Å². The lowest BCUT2D eigenvalue weighted by atomic mass is 9.99. The maximum atomic E-state index is 12.1. The Morgan fingerprint density at radius 3 is 2.70 bits per heavy atom. The molecule has 1 aliphatic heterocycles. The van der Waals surface area contributed by atoms with Crippen LogP contribution in [0.2, 0.25) is 0 Å². The number of carboxylic acids is 1. The minimum absolute atomic E-state index is 0.0796. The molecule has 0 saturated carbocycles. The Morgan fingerprint density at radius 2 is 2.15 bits per heavy atom. The van der Waals surface area contributed by atoms with Crippen LogP contribution in [0.15, 0.2) is 0 Å². The third kappa shape index (κ3) is 3.61. The highest BCUT2D eigenvalue weighted by atomic mass is 16.4. The summed E-state index contributed by atoms with van der Waals surface area (Å²) in [6.45, 7) is 6.14. The van der Waals surface area contributed by atoms with Crippen molar-refractivity contribution in [2.45, 2.75) is 39.2 Å². The number of hydrogen-bond donors (Lipinski definition) is 3. The molecule has 1 fully saturated rings. The molecule has 1 atom stereocenters. The van der Waals surface area contributed by atoms with Crippen LogP contribution in [0.25, 0.3) is 0 Å². The van der Waals surface area contributed by atoms with Crippen molar-refractivity contribution in [2.24, 2.45) is 5.92 Å². The number of nitrogens with one attached hydrogen (secondary N) is 2. The van der Waals surface area contributed by atoms with Gasteiger partial charge in [-0.25, -0.2) is 4.79 Å². The van der Waals surface area contributed by atoms with Crippen molar-refractivity contribution in [3.05, 3.63) is 0 Å². The van der Waals surface area contributed by atoms with E-state index in [0.717, 1.165) is 6.42 Å². The van der Waals surface area contributed by atoms with Gasteiger partial charge in [-0.1, -0.05) is 13.3 Å². The molecule has 0 aromatic rings. The van der Waals surface area contributed by atoms with Gasteiger partial charge in [-0.05, 0) is 20.3 Å². The molecule has 7 heteroatoms. The number of urea groups is 1. The van der Waals surface area contributed by atoms with E-state index in [1.165, 1.54) is 4.90 Å². The summed E-state index contributed by atoms with van der Waals surface area (Å²) in [4.78, 5) is 36.4. The fourth-order valence-electron chi connectivity index (χ4n) is 2.22. The van der Waals surface area contributed by atoms with Gasteiger partial charge < -0.3 is 20.6 Å². The Hall–Kier alpha value is -1.79. The molecular weight excluding hydrogens is 262 g/mol. The van der Waals surface area contributed by atoms with Crippen LogP contribution in [0.4, 0.5) is 4.79 Å². The number of amides is 3. The number of carbonyl (C=O) groups excluding carboxylic acids is 2. The minimum Gasteiger partial charge on any atom is -0.481 e. The predicted molar refractivity (Wildman–Crippen MR) is 73.2 cm³/mol. The minimum atomic E-state index is -0.925. The quantitative estimate of drug-likeness (QED) is 0.681. The van der Waals surface area contributed by atoms with Crippen LogP contribution in [0.1, 0.15) is 33.6 Å². The fourth-order valence-corrected chi connectivity index (χ4v) is 2.22. The molecule has 1 heterocycles. The fraction of sp³-hybridized carbons (Fsp3) is 0.769. The van der Waals surface area contributed by atoms with Gasteiger partial charge in [-0.3, -0.25) is 9.59 Å². The second kappa shape index (κ2) is 6.58. The molecule has 1 saturated heterocycles. The molecule has 3 amide bonds. The maximum Gasteiger partial charge on any atom is 0.318 e. The van der Waals surface area contributed by atoms with Gasteiger partial charge in [-0.2, -0.15) is 0 Å². The third-order valence-corrected chi connectivity index (χ3v) is 3.58. The van der Waals surface area contributed by atoms with E-state index in [1.54, 1.807) is 13.8 Å². The number of hydrogen-bond acceptors (Lipinski definition) is 3. The highest BCUT2D eigenvalue weighted by Gasteiger charge is 2.40. The van der Waals surface area contributed by atoms with Crippen molar-refractivity contribution in [2.75, 3.05) is 19.6 Å². The van der Waals surface area contributed by atoms with Gasteiger partial charge in [0, 0.05) is 19.6 Å². The van der Waals surface area contributed by atoms with Crippen LogP contribution < -0.4 is 10.6 Å². The average molecular weight is 285 g/mol. The van der Waals surface area contributed by atoms with Crippen LogP contribution in [-0.2, 0) is 9.59 Å². The lowest BCUT2D eigenvalue weighted by molar-refractivity contribution is -0.141. The van der Waals surface area contributed by atoms with E-state index in [2.05, 4.69) is 10.6 Å². The largest absolute Gasteiger partial charge is 0.481 e. The van der Waals surface area contributed by atoms with E-state index in [0.29, 0.717) is 19.5 Å². The van der Waals surface area contributed by atoms with Gasteiger partial charge in [0.1, 0.15) is 5.54 Å². The number of carbonyl (C=O) groups is 3. The molecule has 0 aliphatic carbocycles. The van der Waals surface area contributed by atoms with Crippen LogP contribution in [0.5, 0.6) is 0 Å². The standard InChI is InChI=1S/C13H23N3O4/c1-4-5-9(10(17)18)8-15-12(20)16-7-6-14-11(19)13(16,2)3/h9H,4-8H2,1-3H3,(H,14,19)(H,15,20)(H,17,18). The van der Waals surface area contributed by atoms with Gasteiger partial charge in [0.15, 0.2) is 0 Å². The number of aliphatic carboxylic acids is 1. The van der Waals surface area contributed by atoms with E-state index in [1.807, 2.05) is 6.92 Å². The zero-order chi connectivity index (χ0) is 15.3. The lowest BCUT2D eigenvalue weighted by Gasteiger charge is -2.41. The second-order valence-electron chi connectivity index (χ2n) is 5.48. The zero-order valence-electron chi connectivity index (χ0n) is 12.2. The molecule has 1 rings (SSSR count). The topological polar surface area (TPSA) is 98.7 Å². The zero-order valence-corrected chi connectivity index (χ0v) is 12.2. The highest BCUT2D eigenvalue weighted by Crippen LogP contribution is 2.17. The summed E-state index contributed by atoms with van der Waals surface area (Å²) in [5, 5.41) is 14.4. The van der Waals surface area contributed by atoms with Crippen LogP contribution in [-0.4, -0.2) is 53.1 Å². The molecular formula is C13H23N3O4. The van der Waals surface area contributed by atoms with Crippen molar-refractivity contribution in [3.8, 4) is 0 Å². The monoisotopic (exact) mass is 285 g/mol. The predicted octanol–water partition coefficient (Wildman–Crippen LogP) is 0.407. The van der Waals surface area contributed by atoms with Crippen LogP contribution >= 0.6 is 0 Å². The Bertz CT molecular complexity index is 395. The molecule has 0 spiro atoms. The number of piperazine rings is 1. The Kier molecular flexibility index (Phi) is 5.35. The molecule has 114 valence electrons. The maximum absolute atomic E-state index is 12.1. The highest BCUT2D eigenvalue weighted by molar-refractivity contribution is 5.91.